The third kappa shape index (κ3) is 4.08. The maximum Gasteiger partial charge on any atom is 0.323 e. The van der Waals surface area contributed by atoms with Crippen LogP contribution in [-0.2, 0) is 16.0 Å². The van der Waals surface area contributed by atoms with Crippen LogP contribution in [0.2, 0.25) is 0 Å². The number of carbonyl (C=O) groups excluding carboxylic acids is 1. The van der Waals surface area contributed by atoms with Gasteiger partial charge in [0, 0.05) is 6.42 Å². The lowest BCUT2D eigenvalue weighted by molar-refractivity contribution is -0.144. The highest BCUT2D eigenvalue weighted by Gasteiger charge is 2.16. The van der Waals surface area contributed by atoms with Crippen LogP contribution in [0.15, 0.2) is 24.3 Å². The number of phenolic OH excluding ortho intramolecular Hbond substituents is 1. The van der Waals surface area contributed by atoms with Crippen molar-refractivity contribution in [1.82, 2.24) is 0 Å². The van der Waals surface area contributed by atoms with E-state index in [9.17, 15) is 9.90 Å². The lowest BCUT2D eigenvalue weighted by Crippen LogP contribution is -2.34. The van der Waals surface area contributed by atoms with Gasteiger partial charge in [0.25, 0.3) is 0 Å². The maximum atomic E-state index is 11.2. The molecule has 0 aliphatic carbocycles. The first-order valence-corrected chi connectivity index (χ1v) is 4.84. The van der Waals surface area contributed by atoms with Crippen molar-refractivity contribution in [2.24, 2.45) is 5.73 Å². The van der Waals surface area contributed by atoms with Crippen molar-refractivity contribution in [3.05, 3.63) is 29.8 Å². The van der Waals surface area contributed by atoms with E-state index in [0.29, 0.717) is 12.2 Å². The van der Waals surface area contributed by atoms with E-state index in [0.717, 1.165) is 0 Å². The minimum absolute atomic E-state index is 0. The summed E-state index contributed by atoms with van der Waals surface area (Å²) in [5.74, 6) is -0.294. The zero-order valence-electron chi connectivity index (χ0n) is 9.05. The predicted octanol–water partition coefficient (Wildman–Crippen LogP) is 1.25. The quantitative estimate of drug-likeness (QED) is 0.783. The van der Waals surface area contributed by atoms with Gasteiger partial charge in [0.2, 0.25) is 0 Å². The molecule has 1 rings (SSSR count). The molecular weight excluding hydrogens is 230 g/mol. The van der Waals surface area contributed by atoms with Gasteiger partial charge >= 0.3 is 5.97 Å². The molecule has 0 unspecified atom stereocenters. The fourth-order valence-electron chi connectivity index (χ4n) is 1.25. The van der Waals surface area contributed by atoms with Crippen molar-refractivity contribution >= 4 is 18.4 Å². The highest BCUT2D eigenvalue weighted by Crippen LogP contribution is 2.17. The Hall–Kier alpha value is -1.26. The van der Waals surface area contributed by atoms with Gasteiger partial charge in [-0.1, -0.05) is 18.2 Å². The molecule has 0 saturated heterocycles. The molecule has 0 heterocycles. The Morgan fingerprint density at radius 1 is 1.50 bits per heavy atom. The van der Waals surface area contributed by atoms with E-state index in [1.54, 1.807) is 31.2 Å². The number of phenols is 1. The van der Waals surface area contributed by atoms with Gasteiger partial charge in [-0.3, -0.25) is 4.79 Å². The summed E-state index contributed by atoms with van der Waals surface area (Å²) < 4.78 is 4.77. The Labute approximate surface area is 101 Å². The van der Waals surface area contributed by atoms with E-state index < -0.39 is 12.0 Å². The van der Waals surface area contributed by atoms with Gasteiger partial charge in [-0.2, -0.15) is 0 Å². The van der Waals surface area contributed by atoms with Gasteiger partial charge in [0.15, 0.2) is 0 Å². The van der Waals surface area contributed by atoms with Gasteiger partial charge in [0.05, 0.1) is 6.61 Å². The largest absolute Gasteiger partial charge is 0.508 e. The van der Waals surface area contributed by atoms with E-state index >= 15 is 0 Å². The van der Waals surface area contributed by atoms with E-state index in [-0.39, 0.29) is 24.6 Å². The molecule has 0 spiro atoms. The van der Waals surface area contributed by atoms with Crippen molar-refractivity contribution in [2.75, 3.05) is 6.61 Å². The summed E-state index contributed by atoms with van der Waals surface area (Å²) in [4.78, 5) is 11.2. The minimum Gasteiger partial charge on any atom is -0.508 e. The van der Waals surface area contributed by atoms with Crippen LogP contribution in [0.5, 0.6) is 5.75 Å². The molecule has 3 N–H and O–H groups in total. The monoisotopic (exact) mass is 245 g/mol. The normalized spacial score (nSPS) is 11.4. The number of para-hydroxylation sites is 1. The minimum atomic E-state index is -0.724. The van der Waals surface area contributed by atoms with Crippen LogP contribution < -0.4 is 5.73 Å². The number of rotatable bonds is 4. The number of hydrogen-bond acceptors (Lipinski definition) is 4. The molecule has 0 aliphatic rings. The topological polar surface area (TPSA) is 72.5 Å². The molecule has 0 aromatic heterocycles. The van der Waals surface area contributed by atoms with Gasteiger partial charge < -0.3 is 15.6 Å². The fourth-order valence-corrected chi connectivity index (χ4v) is 1.25. The summed E-state index contributed by atoms with van der Waals surface area (Å²) in [5.41, 5.74) is 6.27. The van der Waals surface area contributed by atoms with E-state index in [4.69, 9.17) is 10.5 Å². The molecule has 4 nitrogen and oxygen atoms in total. The predicted molar refractivity (Wildman–Crippen MR) is 63.7 cm³/mol. The zero-order chi connectivity index (χ0) is 11.3. The SMILES string of the molecule is CCOC(=O)[C@H](N)Cc1ccccc1O.Cl. The van der Waals surface area contributed by atoms with Crippen LogP contribution in [0.3, 0.4) is 0 Å². The highest BCUT2D eigenvalue weighted by atomic mass is 35.5. The molecule has 5 heteroatoms. The lowest BCUT2D eigenvalue weighted by Gasteiger charge is -2.11. The summed E-state index contributed by atoms with van der Waals surface area (Å²) in [6.07, 6.45) is 0.283. The molecule has 0 saturated carbocycles. The van der Waals surface area contributed by atoms with Gasteiger partial charge in [-0.25, -0.2) is 0 Å². The second-order valence-corrected chi connectivity index (χ2v) is 3.19. The average Bonchev–Trinajstić information content (AvgIpc) is 2.21. The van der Waals surface area contributed by atoms with Gasteiger partial charge in [-0.15, -0.1) is 12.4 Å². The summed E-state index contributed by atoms with van der Waals surface area (Å²) in [5, 5.41) is 9.46. The third-order valence-corrected chi connectivity index (χ3v) is 2.02. The summed E-state index contributed by atoms with van der Waals surface area (Å²) in [6.45, 7) is 2.04. The molecule has 0 fully saturated rings. The van der Waals surface area contributed by atoms with Crippen LogP contribution in [0, 0.1) is 0 Å². The number of aromatic hydroxyl groups is 1. The van der Waals surface area contributed by atoms with Crippen LogP contribution in [0.4, 0.5) is 0 Å². The molecule has 1 aromatic carbocycles. The maximum absolute atomic E-state index is 11.2. The highest BCUT2D eigenvalue weighted by molar-refractivity contribution is 5.85. The summed E-state index contributed by atoms with van der Waals surface area (Å²) in [7, 11) is 0. The lowest BCUT2D eigenvalue weighted by atomic mass is 10.1. The first kappa shape index (κ1) is 14.7. The van der Waals surface area contributed by atoms with E-state index in [1.807, 2.05) is 0 Å². The van der Waals surface area contributed by atoms with E-state index in [2.05, 4.69) is 0 Å². The Balaban J connectivity index is 0.00000225. The van der Waals surface area contributed by atoms with Crippen molar-refractivity contribution in [3.8, 4) is 5.75 Å². The van der Waals surface area contributed by atoms with Crippen LogP contribution in [0.25, 0.3) is 0 Å². The second-order valence-electron chi connectivity index (χ2n) is 3.19. The van der Waals surface area contributed by atoms with E-state index in [1.165, 1.54) is 0 Å². The summed E-state index contributed by atoms with van der Waals surface area (Å²) >= 11 is 0. The Kier molecular flexibility index (Phi) is 6.53. The fraction of sp³-hybridized carbons (Fsp3) is 0.364. The van der Waals surface area contributed by atoms with Crippen molar-refractivity contribution in [3.63, 3.8) is 0 Å². The van der Waals surface area contributed by atoms with Crippen LogP contribution in [0.1, 0.15) is 12.5 Å². The first-order chi connectivity index (χ1) is 7.15. The molecule has 0 amide bonds. The first-order valence-electron chi connectivity index (χ1n) is 4.84. The van der Waals surface area contributed by atoms with Crippen molar-refractivity contribution in [1.29, 1.82) is 0 Å². The number of esters is 1. The Bertz CT molecular complexity index is 344. The number of carbonyl (C=O) groups is 1. The molecule has 90 valence electrons. The van der Waals surface area contributed by atoms with Gasteiger partial charge in [-0.05, 0) is 18.6 Å². The number of benzene rings is 1. The number of halogens is 1. The smallest absolute Gasteiger partial charge is 0.323 e. The number of ether oxygens (including phenoxy) is 1. The van der Waals surface area contributed by atoms with Crippen molar-refractivity contribution < 1.29 is 14.6 Å². The molecule has 16 heavy (non-hydrogen) atoms. The Morgan fingerprint density at radius 2 is 2.12 bits per heavy atom. The molecule has 1 aromatic rings. The zero-order valence-corrected chi connectivity index (χ0v) is 9.87. The molecule has 0 aliphatic heterocycles. The number of nitrogens with two attached hydrogens (primary N) is 1. The summed E-state index contributed by atoms with van der Waals surface area (Å²) in [6, 6.07) is 6.07. The Morgan fingerprint density at radius 3 is 2.69 bits per heavy atom. The second kappa shape index (κ2) is 7.09. The molecule has 1 atom stereocenters. The third-order valence-electron chi connectivity index (χ3n) is 2.02. The van der Waals surface area contributed by atoms with Gasteiger partial charge in [0.1, 0.15) is 11.8 Å². The molecular formula is C11H16ClNO3. The van der Waals surface area contributed by atoms with Crippen LogP contribution in [-0.4, -0.2) is 23.7 Å². The molecule has 0 radical (unpaired) electrons. The van der Waals surface area contributed by atoms with Crippen LogP contribution >= 0.6 is 12.4 Å². The standard InChI is InChI=1S/C11H15NO3.ClH/c1-2-15-11(14)9(12)7-8-5-3-4-6-10(8)13;/h3-6,9,13H,2,7,12H2,1H3;1H/t9-;/m1./s1. The van der Waals surface area contributed by atoms with Crippen molar-refractivity contribution in [2.45, 2.75) is 19.4 Å². The average molecular weight is 246 g/mol. The molecule has 0 bridgehead atoms. The number of hydrogen-bond donors (Lipinski definition) is 2.